The number of pyridine rings is 1. The molecule has 2 aromatic carbocycles. The molecule has 5 heteroatoms. The van der Waals surface area contributed by atoms with Crippen LogP contribution in [0.3, 0.4) is 0 Å². The van der Waals surface area contributed by atoms with Crippen molar-refractivity contribution in [1.29, 1.82) is 0 Å². The Hall–Kier alpha value is -3.44. The zero-order chi connectivity index (χ0) is 24.7. The van der Waals surface area contributed by atoms with E-state index in [9.17, 15) is 0 Å². The molecule has 2 aromatic heterocycles. The molecule has 1 saturated heterocycles. The molecule has 1 aliphatic rings. The van der Waals surface area contributed by atoms with Crippen molar-refractivity contribution in [3.05, 3.63) is 112 Å². The number of rotatable bonds is 5. The van der Waals surface area contributed by atoms with Gasteiger partial charge in [0.15, 0.2) is 5.11 Å². The summed E-state index contributed by atoms with van der Waals surface area (Å²) in [6, 6.07) is 23.8. The molecule has 0 amide bonds. The van der Waals surface area contributed by atoms with Gasteiger partial charge in [0.2, 0.25) is 0 Å². The molecule has 4 aromatic rings. The standard InChI is InChI=1S/C30H32N4S/c1-6-23-10-12-24(13-11-23)34-29(28(32-30(34)35)27-9-7-8-14-31-27)26-18-21(4)33(22(26)5)25-16-19(2)15-20(3)17-25/h7-18,28-29H,6H2,1-5H3,(H,32,35)/t28-,29-/m0/s1. The highest BCUT2D eigenvalue weighted by Crippen LogP contribution is 2.43. The van der Waals surface area contributed by atoms with Crippen molar-refractivity contribution in [2.75, 3.05) is 4.90 Å². The summed E-state index contributed by atoms with van der Waals surface area (Å²) >= 11 is 5.93. The van der Waals surface area contributed by atoms with E-state index in [-0.39, 0.29) is 12.1 Å². The first kappa shape index (κ1) is 23.3. The average Bonchev–Trinajstić information content (AvgIpc) is 3.34. The highest BCUT2D eigenvalue weighted by atomic mass is 32.1. The van der Waals surface area contributed by atoms with Crippen molar-refractivity contribution < 1.29 is 0 Å². The number of nitrogens with zero attached hydrogens (tertiary/aromatic N) is 3. The molecule has 1 N–H and O–H groups in total. The van der Waals surface area contributed by atoms with Crippen LogP contribution in [0.4, 0.5) is 5.69 Å². The van der Waals surface area contributed by atoms with Gasteiger partial charge in [0.1, 0.15) is 0 Å². The van der Waals surface area contributed by atoms with Gasteiger partial charge in [0.05, 0.1) is 17.8 Å². The molecule has 1 aliphatic heterocycles. The lowest BCUT2D eigenvalue weighted by Crippen LogP contribution is -2.29. The summed E-state index contributed by atoms with van der Waals surface area (Å²) in [5.74, 6) is 0. The molecule has 1 fully saturated rings. The quantitative estimate of drug-likeness (QED) is 0.317. The highest BCUT2D eigenvalue weighted by Gasteiger charge is 2.42. The summed E-state index contributed by atoms with van der Waals surface area (Å²) < 4.78 is 2.37. The van der Waals surface area contributed by atoms with Crippen LogP contribution in [0.1, 0.15) is 58.3 Å². The van der Waals surface area contributed by atoms with Crippen LogP contribution in [-0.2, 0) is 6.42 Å². The number of benzene rings is 2. The number of hydrogen-bond donors (Lipinski definition) is 1. The SMILES string of the molecule is CCc1ccc(N2C(=S)N[C@@H](c3ccccn3)[C@@H]2c2cc(C)n(-c3cc(C)cc(C)c3)c2C)cc1. The van der Waals surface area contributed by atoms with E-state index in [1.807, 2.05) is 18.3 Å². The number of thiocarbonyl (C=S) groups is 1. The molecular formula is C30H32N4S. The predicted molar refractivity (Wildman–Crippen MR) is 148 cm³/mol. The van der Waals surface area contributed by atoms with Gasteiger partial charge in [-0.05, 0) is 111 Å². The minimum Gasteiger partial charge on any atom is -0.351 e. The Morgan fingerprint density at radius 2 is 1.60 bits per heavy atom. The molecular weight excluding hydrogens is 448 g/mol. The van der Waals surface area contributed by atoms with E-state index in [1.54, 1.807) is 0 Å². The second kappa shape index (κ2) is 9.31. The fraction of sp³-hybridized carbons (Fsp3) is 0.267. The first-order valence-electron chi connectivity index (χ1n) is 12.2. The highest BCUT2D eigenvalue weighted by molar-refractivity contribution is 7.80. The number of aryl methyl sites for hydroxylation is 4. The summed E-state index contributed by atoms with van der Waals surface area (Å²) in [4.78, 5) is 6.98. The van der Waals surface area contributed by atoms with Gasteiger partial charge in [-0.3, -0.25) is 4.98 Å². The van der Waals surface area contributed by atoms with E-state index in [0.717, 1.165) is 22.9 Å². The van der Waals surface area contributed by atoms with Crippen molar-refractivity contribution in [2.45, 2.75) is 53.1 Å². The van der Waals surface area contributed by atoms with Gasteiger partial charge in [0, 0.05) is 29.0 Å². The lowest BCUT2D eigenvalue weighted by Gasteiger charge is -2.28. The summed E-state index contributed by atoms with van der Waals surface area (Å²) in [5, 5.41) is 4.32. The first-order valence-corrected chi connectivity index (χ1v) is 12.6. The monoisotopic (exact) mass is 480 g/mol. The van der Waals surface area contributed by atoms with Crippen molar-refractivity contribution in [3.63, 3.8) is 0 Å². The van der Waals surface area contributed by atoms with Crippen LogP contribution in [0.2, 0.25) is 0 Å². The van der Waals surface area contributed by atoms with E-state index in [1.165, 1.54) is 39.3 Å². The van der Waals surface area contributed by atoms with Crippen molar-refractivity contribution in [2.24, 2.45) is 0 Å². The molecule has 178 valence electrons. The summed E-state index contributed by atoms with van der Waals surface area (Å²) in [6.45, 7) is 10.9. The maximum absolute atomic E-state index is 5.93. The van der Waals surface area contributed by atoms with Gasteiger partial charge in [-0.15, -0.1) is 0 Å². The molecule has 3 heterocycles. The molecule has 0 radical (unpaired) electrons. The number of anilines is 1. The lowest BCUT2D eigenvalue weighted by molar-refractivity contribution is 0.565. The zero-order valence-electron chi connectivity index (χ0n) is 21.0. The Balaban J connectivity index is 1.67. The van der Waals surface area contributed by atoms with Crippen molar-refractivity contribution in [3.8, 4) is 5.69 Å². The number of hydrogen-bond acceptors (Lipinski definition) is 2. The summed E-state index contributed by atoms with van der Waals surface area (Å²) in [7, 11) is 0. The number of aromatic nitrogens is 2. The summed E-state index contributed by atoms with van der Waals surface area (Å²) in [5.41, 5.74) is 10.8. The van der Waals surface area contributed by atoms with Gasteiger partial charge in [-0.25, -0.2) is 0 Å². The maximum atomic E-state index is 5.93. The number of nitrogens with one attached hydrogen (secondary N) is 1. The van der Waals surface area contributed by atoms with Gasteiger partial charge in [-0.1, -0.05) is 31.2 Å². The maximum Gasteiger partial charge on any atom is 0.174 e. The largest absolute Gasteiger partial charge is 0.351 e. The Morgan fingerprint density at radius 3 is 2.23 bits per heavy atom. The van der Waals surface area contributed by atoms with Gasteiger partial charge >= 0.3 is 0 Å². The predicted octanol–water partition coefficient (Wildman–Crippen LogP) is 6.85. The Morgan fingerprint density at radius 1 is 0.886 bits per heavy atom. The topological polar surface area (TPSA) is 33.1 Å². The molecule has 35 heavy (non-hydrogen) atoms. The van der Waals surface area contributed by atoms with E-state index >= 15 is 0 Å². The van der Waals surface area contributed by atoms with Gasteiger partial charge in [0.25, 0.3) is 0 Å². The van der Waals surface area contributed by atoms with E-state index in [4.69, 9.17) is 17.2 Å². The normalized spacial score (nSPS) is 17.6. The second-order valence-corrected chi connectivity index (χ2v) is 9.91. The van der Waals surface area contributed by atoms with E-state index < -0.39 is 0 Å². The molecule has 0 bridgehead atoms. The van der Waals surface area contributed by atoms with Crippen LogP contribution in [-0.4, -0.2) is 14.7 Å². The van der Waals surface area contributed by atoms with Crippen molar-refractivity contribution >= 4 is 23.0 Å². The molecule has 2 atom stereocenters. The molecule has 0 saturated carbocycles. The van der Waals surface area contributed by atoms with Crippen LogP contribution in [0.15, 0.2) is 72.9 Å². The van der Waals surface area contributed by atoms with E-state index in [2.05, 4.69) is 104 Å². The van der Waals surface area contributed by atoms with Crippen molar-refractivity contribution in [1.82, 2.24) is 14.9 Å². The first-order chi connectivity index (χ1) is 16.9. The average molecular weight is 481 g/mol. The Labute approximate surface area is 213 Å². The fourth-order valence-corrected chi connectivity index (χ4v) is 5.75. The van der Waals surface area contributed by atoms with E-state index in [0.29, 0.717) is 0 Å². The minimum absolute atomic E-state index is 0.0178. The molecule has 4 nitrogen and oxygen atoms in total. The fourth-order valence-electron chi connectivity index (χ4n) is 5.41. The van der Waals surface area contributed by atoms with Crippen LogP contribution in [0, 0.1) is 27.7 Å². The van der Waals surface area contributed by atoms with Gasteiger partial charge in [-0.2, -0.15) is 0 Å². The molecule has 0 spiro atoms. The Bertz CT molecular complexity index is 1350. The molecule has 0 unspecified atom stereocenters. The van der Waals surface area contributed by atoms with Crippen LogP contribution < -0.4 is 10.2 Å². The minimum atomic E-state index is -0.0530. The third kappa shape index (κ3) is 4.25. The zero-order valence-corrected chi connectivity index (χ0v) is 21.9. The Kier molecular flexibility index (Phi) is 6.20. The second-order valence-electron chi connectivity index (χ2n) is 9.52. The van der Waals surface area contributed by atoms with Gasteiger partial charge < -0.3 is 14.8 Å². The van der Waals surface area contributed by atoms with Crippen LogP contribution >= 0.6 is 12.2 Å². The molecule has 5 rings (SSSR count). The van der Waals surface area contributed by atoms with Crippen LogP contribution in [0.25, 0.3) is 5.69 Å². The van der Waals surface area contributed by atoms with Crippen LogP contribution in [0.5, 0.6) is 0 Å². The summed E-state index contributed by atoms with van der Waals surface area (Å²) in [6.07, 6.45) is 2.87. The third-order valence-electron chi connectivity index (χ3n) is 6.97. The third-order valence-corrected chi connectivity index (χ3v) is 7.29. The smallest absolute Gasteiger partial charge is 0.174 e. The lowest BCUT2D eigenvalue weighted by atomic mass is 9.96. The molecule has 0 aliphatic carbocycles.